The molecule has 25 heavy (non-hydrogen) atoms. The van der Waals surface area contributed by atoms with Crippen LogP contribution in [0.4, 0.5) is 26.3 Å². The second-order valence-electron chi connectivity index (χ2n) is 6.23. The number of sulfonamides is 1. The highest BCUT2D eigenvalue weighted by Crippen LogP contribution is 2.37. The third kappa shape index (κ3) is 4.87. The Morgan fingerprint density at radius 1 is 0.920 bits per heavy atom. The van der Waals surface area contributed by atoms with Crippen molar-refractivity contribution < 1.29 is 34.8 Å². The smallest absolute Gasteiger partial charge is 0.208 e. The van der Waals surface area contributed by atoms with Crippen molar-refractivity contribution in [1.29, 1.82) is 0 Å². The SMILES string of the molecule is C[C@H]1CCCC[C@@H]1NS(=O)(=O)c1cc(C(F)(F)F)cc(C(F)(F)F)c1. The van der Waals surface area contributed by atoms with Gasteiger partial charge in [0.1, 0.15) is 0 Å². The number of benzene rings is 1. The van der Waals surface area contributed by atoms with Gasteiger partial charge in [0.05, 0.1) is 16.0 Å². The standard InChI is InChI=1S/C15H17F6NO2S/c1-9-4-2-3-5-13(9)22-25(23,24)12-7-10(14(16,17)18)6-11(8-12)15(19,20)21/h6-9,13,22H,2-5H2,1H3/t9-,13-/m0/s1. The van der Waals surface area contributed by atoms with E-state index < -0.39 is 44.4 Å². The van der Waals surface area contributed by atoms with Crippen LogP contribution in [-0.2, 0) is 22.4 Å². The molecule has 1 aromatic rings. The van der Waals surface area contributed by atoms with Crippen LogP contribution >= 0.6 is 0 Å². The molecular formula is C15H17F6NO2S. The van der Waals surface area contributed by atoms with Crippen molar-refractivity contribution in [3.63, 3.8) is 0 Å². The summed E-state index contributed by atoms with van der Waals surface area (Å²) >= 11 is 0. The van der Waals surface area contributed by atoms with Gasteiger partial charge in [0, 0.05) is 6.04 Å². The van der Waals surface area contributed by atoms with Gasteiger partial charge in [-0.15, -0.1) is 0 Å². The molecule has 0 amide bonds. The van der Waals surface area contributed by atoms with Gasteiger partial charge in [-0.3, -0.25) is 0 Å². The summed E-state index contributed by atoms with van der Waals surface area (Å²) in [5.74, 6) is -0.0450. The topological polar surface area (TPSA) is 46.2 Å². The number of halogens is 6. The van der Waals surface area contributed by atoms with Gasteiger partial charge >= 0.3 is 12.4 Å². The number of alkyl halides is 6. The van der Waals surface area contributed by atoms with Crippen molar-refractivity contribution in [2.75, 3.05) is 0 Å². The molecule has 1 N–H and O–H groups in total. The van der Waals surface area contributed by atoms with Crippen LogP contribution in [0.1, 0.15) is 43.7 Å². The summed E-state index contributed by atoms with van der Waals surface area (Å²) in [5, 5.41) is 0. The number of hydrogen-bond acceptors (Lipinski definition) is 2. The molecule has 1 aliphatic rings. The highest BCUT2D eigenvalue weighted by Gasteiger charge is 2.38. The summed E-state index contributed by atoms with van der Waals surface area (Å²) in [7, 11) is -4.51. The van der Waals surface area contributed by atoms with Gasteiger partial charge in [-0.25, -0.2) is 13.1 Å². The van der Waals surface area contributed by atoms with E-state index in [0.717, 1.165) is 19.3 Å². The maximum absolute atomic E-state index is 12.9. The molecule has 1 saturated carbocycles. The first-order chi connectivity index (χ1) is 11.3. The van der Waals surface area contributed by atoms with Crippen molar-refractivity contribution >= 4 is 10.0 Å². The van der Waals surface area contributed by atoms with E-state index in [1.807, 2.05) is 0 Å². The Kier molecular flexibility index (Phi) is 5.44. The van der Waals surface area contributed by atoms with E-state index >= 15 is 0 Å². The molecular weight excluding hydrogens is 372 g/mol. The molecule has 0 bridgehead atoms. The fraction of sp³-hybridized carbons (Fsp3) is 0.600. The van der Waals surface area contributed by atoms with Crippen molar-refractivity contribution in [1.82, 2.24) is 4.72 Å². The molecule has 0 radical (unpaired) electrons. The summed E-state index contributed by atoms with van der Waals surface area (Å²) in [6.07, 6.45) is -7.31. The van der Waals surface area contributed by atoms with Crippen LogP contribution in [0.3, 0.4) is 0 Å². The van der Waals surface area contributed by atoms with Gasteiger partial charge in [-0.05, 0) is 37.0 Å². The molecule has 142 valence electrons. The summed E-state index contributed by atoms with van der Waals surface area (Å²) in [4.78, 5) is -1.03. The summed E-state index contributed by atoms with van der Waals surface area (Å²) in [6, 6.07) is -0.152. The van der Waals surface area contributed by atoms with Crippen LogP contribution in [0.15, 0.2) is 23.1 Å². The molecule has 0 heterocycles. The van der Waals surface area contributed by atoms with Crippen LogP contribution in [0, 0.1) is 5.92 Å². The zero-order chi connectivity index (χ0) is 19.0. The van der Waals surface area contributed by atoms with E-state index in [0.29, 0.717) is 6.42 Å². The first kappa shape index (κ1) is 20.0. The number of rotatable bonds is 3. The average molecular weight is 389 g/mol. The van der Waals surface area contributed by atoms with Crippen molar-refractivity contribution in [2.45, 2.75) is 55.9 Å². The van der Waals surface area contributed by atoms with Crippen molar-refractivity contribution in [2.24, 2.45) is 5.92 Å². The largest absolute Gasteiger partial charge is 0.416 e. The third-order valence-electron chi connectivity index (χ3n) is 4.29. The Morgan fingerprint density at radius 2 is 1.40 bits per heavy atom. The Labute approximate surface area is 141 Å². The molecule has 1 aliphatic carbocycles. The quantitative estimate of drug-likeness (QED) is 0.769. The zero-order valence-electron chi connectivity index (χ0n) is 13.2. The fourth-order valence-corrected chi connectivity index (χ4v) is 4.29. The lowest BCUT2D eigenvalue weighted by atomic mass is 9.87. The molecule has 2 atom stereocenters. The van der Waals surface area contributed by atoms with Gasteiger partial charge in [-0.1, -0.05) is 19.8 Å². The first-order valence-electron chi connectivity index (χ1n) is 7.62. The maximum Gasteiger partial charge on any atom is 0.416 e. The first-order valence-corrected chi connectivity index (χ1v) is 9.11. The summed E-state index contributed by atoms with van der Waals surface area (Å²) < 4.78 is 104. The Morgan fingerprint density at radius 3 is 1.84 bits per heavy atom. The van der Waals surface area contributed by atoms with E-state index in [9.17, 15) is 34.8 Å². The molecule has 1 aromatic carbocycles. The van der Waals surface area contributed by atoms with Gasteiger partial charge in [0.15, 0.2) is 0 Å². The number of nitrogens with one attached hydrogen (secondary N) is 1. The van der Waals surface area contributed by atoms with E-state index in [-0.39, 0.29) is 24.1 Å². The molecule has 3 nitrogen and oxygen atoms in total. The predicted molar refractivity (Wildman–Crippen MR) is 78.2 cm³/mol. The highest BCUT2D eigenvalue weighted by atomic mass is 32.2. The summed E-state index contributed by atoms with van der Waals surface area (Å²) in [6.45, 7) is 1.79. The number of hydrogen-bond donors (Lipinski definition) is 1. The van der Waals surface area contributed by atoms with Gasteiger partial charge in [0.2, 0.25) is 10.0 Å². The van der Waals surface area contributed by atoms with Crippen LogP contribution in [0.25, 0.3) is 0 Å². The molecule has 0 aromatic heterocycles. The van der Waals surface area contributed by atoms with Crippen LogP contribution in [0.5, 0.6) is 0 Å². The Balaban J connectivity index is 2.45. The van der Waals surface area contributed by atoms with Crippen molar-refractivity contribution in [3.8, 4) is 0 Å². The van der Waals surface area contributed by atoms with E-state index in [1.54, 1.807) is 6.92 Å². The molecule has 0 spiro atoms. The highest BCUT2D eigenvalue weighted by molar-refractivity contribution is 7.89. The van der Waals surface area contributed by atoms with Gasteiger partial charge in [0.25, 0.3) is 0 Å². The predicted octanol–water partition coefficient (Wildman–Crippen LogP) is 4.58. The third-order valence-corrected chi connectivity index (χ3v) is 5.76. The van der Waals surface area contributed by atoms with E-state index in [2.05, 4.69) is 4.72 Å². The van der Waals surface area contributed by atoms with Gasteiger partial charge in [-0.2, -0.15) is 26.3 Å². The minimum atomic E-state index is -5.09. The lowest BCUT2D eigenvalue weighted by Gasteiger charge is -2.29. The Bertz CT molecular complexity index is 694. The van der Waals surface area contributed by atoms with Crippen LogP contribution in [0.2, 0.25) is 0 Å². The fourth-order valence-electron chi connectivity index (χ4n) is 2.84. The lowest BCUT2D eigenvalue weighted by Crippen LogP contribution is -2.41. The zero-order valence-corrected chi connectivity index (χ0v) is 14.0. The average Bonchev–Trinajstić information content (AvgIpc) is 2.47. The van der Waals surface area contributed by atoms with E-state index in [1.165, 1.54) is 0 Å². The molecule has 0 saturated heterocycles. The molecule has 0 unspecified atom stereocenters. The molecule has 1 fully saturated rings. The van der Waals surface area contributed by atoms with Crippen LogP contribution < -0.4 is 4.72 Å². The minimum absolute atomic E-state index is 0.0450. The molecule has 0 aliphatic heterocycles. The monoisotopic (exact) mass is 389 g/mol. The normalized spacial score (nSPS) is 22.8. The second-order valence-corrected chi connectivity index (χ2v) is 7.95. The second kappa shape index (κ2) is 6.79. The van der Waals surface area contributed by atoms with Crippen molar-refractivity contribution in [3.05, 3.63) is 29.3 Å². The maximum atomic E-state index is 12.9. The van der Waals surface area contributed by atoms with Crippen LogP contribution in [-0.4, -0.2) is 14.5 Å². The molecule has 2 rings (SSSR count). The van der Waals surface area contributed by atoms with Gasteiger partial charge < -0.3 is 0 Å². The molecule has 10 heteroatoms. The summed E-state index contributed by atoms with van der Waals surface area (Å²) in [5.41, 5.74) is -3.31. The Hall–Kier alpha value is -1.29. The lowest BCUT2D eigenvalue weighted by molar-refractivity contribution is -0.143. The van der Waals surface area contributed by atoms with E-state index in [4.69, 9.17) is 0 Å². The minimum Gasteiger partial charge on any atom is -0.208 e.